The Bertz CT molecular complexity index is 1020. The zero-order valence-corrected chi connectivity index (χ0v) is 16.1. The minimum Gasteiger partial charge on any atom is -0.487 e. The van der Waals surface area contributed by atoms with Gasteiger partial charge in [0.05, 0.1) is 6.33 Å². The highest BCUT2D eigenvalue weighted by atomic mass is 16.5. The lowest BCUT2D eigenvalue weighted by Gasteiger charge is -2.06. The van der Waals surface area contributed by atoms with Crippen LogP contribution in [0.25, 0.3) is 12.2 Å². The van der Waals surface area contributed by atoms with Crippen molar-refractivity contribution < 1.29 is 9.15 Å². The molecule has 29 heavy (non-hydrogen) atoms. The summed E-state index contributed by atoms with van der Waals surface area (Å²) in [5, 5.41) is 0. The van der Waals surface area contributed by atoms with Crippen molar-refractivity contribution in [2.24, 2.45) is 0 Å². The molecule has 4 rings (SSSR count). The Morgan fingerprint density at radius 2 is 1.86 bits per heavy atom. The first-order valence-electron chi connectivity index (χ1n) is 9.70. The van der Waals surface area contributed by atoms with E-state index in [1.807, 2.05) is 73.3 Å². The highest BCUT2D eigenvalue weighted by Crippen LogP contribution is 2.16. The van der Waals surface area contributed by atoms with E-state index in [0.29, 0.717) is 12.5 Å². The van der Waals surface area contributed by atoms with Crippen molar-refractivity contribution in [3.8, 4) is 5.75 Å². The van der Waals surface area contributed by atoms with Crippen LogP contribution in [0.15, 0.2) is 84.0 Å². The molecular formula is C24H23N3O2. The van der Waals surface area contributed by atoms with Gasteiger partial charge in [-0.05, 0) is 42.2 Å². The number of hydrogen-bond donors (Lipinski definition) is 0. The monoisotopic (exact) mass is 385 g/mol. The van der Waals surface area contributed by atoms with E-state index in [1.54, 1.807) is 6.26 Å². The molecule has 0 aliphatic carbocycles. The molecule has 0 atom stereocenters. The molecule has 2 aromatic heterocycles. The summed E-state index contributed by atoms with van der Waals surface area (Å²) in [7, 11) is 0. The maximum absolute atomic E-state index is 5.83. The average Bonchev–Trinajstić information content (AvgIpc) is 3.45. The van der Waals surface area contributed by atoms with Crippen molar-refractivity contribution in [2.75, 3.05) is 0 Å². The average molecular weight is 385 g/mol. The lowest BCUT2D eigenvalue weighted by molar-refractivity contribution is 0.301. The molecule has 2 heterocycles. The summed E-state index contributed by atoms with van der Waals surface area (Å²) in [6.07, 6.45) is 13.2. The van der Waals surface area contributed by atoms with Gasteiger partial charge in [-0.15, -0.1) is 0 Å². The van der Waals surface area contributed by atoms with Gasteiger partial charge in [0.2, 0.25) is 5.89 Å². The number of benzene rings is 2. The fourth-order valence-corrected chi connectivity index (χ4v) is 2.99. The number of rotatable bonds is 9. The number of oxazole rings is 1. The summed E-state index contributed by atoms with van der Waals surface area (Å²) < 4.78 is 13.4. The topological polar surface area (TPSA) is 53.1 Å². The van der Waals surface area contributed by atoms with Gasteiger partial charge >= 0.3 is 0 Å². The van der Waals surface area contributed by atoms with E-state index in [9.17, 15) is 0 Å². The molecule has 0 fully saturated rings. The summed E-state index contributed by atoms with van der Waals surface area (Å²) >= 11 is 0. The maximum Gasteiger partial charge on any atom is 0.218 e. The van der Waals surface area contributed by atoms with Gasteiger partial charge in [-0.2, -0.15) is 0 Å². The van der Waals surface area contributed by atoms with Gasteiger partial charge in [0.1, 0.15) is 24.3 Å². The summed E-state index contributed by atoms with van der Waals surface area (Å²) in [6, 6.07) is 18.3. The highest BCUT2D eigenvalue weighted by Gasteiger charge is 2.03. The Morgan fingerprint density at radius 3 is 2.66 bits per heavy atom. The Morgan fingerprint density at radius 1 is 1.00 bits per heavy atom. The van der Waals surface area contributed by atoms with Crippen LogP contribution in [0, 0.1) is 0 Å². The van der Waals surface area contributed by atoms with Crippen LogP contribution >= 0.6 is 0 Å². The van der Waals surface area contributed by atoms with Crippen LogP contribution < -0.4 is 4.74 Å². The van der Waals surface area contributed by atoms with Crippen LogP contribution in [-0.4, -0.2) is 14.5 Å². The summed E-state index contributed by atoms with van der Waals surface area (Å²) in [5.41, 5.74) is 3.17. The second kappa shape index (κ2) is 9.55. The molecule has 146 valence electrons. The standard InChI is InChI=1S/C24H23N3O2/c1-2-5-20(6-3-1)10-13-24-26-22(18-29-24)17-28-23-11-8-21(9-12-23)7-4-15-27-16-14-25-19-27/h1-3,5-6,8-14,16,18-19H,4,7,15,17H2/b13-10+. The smallest absolute Gasteiger partial charge is 0.218 e. The number of imidazole rings is 1. The van der Waals surface area contributed by atoms with Gasteiger partial charge in [-0.25, -0.2) is 9.97 Å². The largest absolute Gasteiger partial charge is 0.487 e. The molecule has 0 aliphatic rings. The third-order valence-corrected chi connectivity index (χ3v) is 4.54. The third kappa shape index (κ3) is 5.69. The fourth-order valence-electron chi connectivity index (χ4n) is 2.99. The predicted octanol–water partition coefficient (Wildman–Crippen LogP) is 5.25. The molecule has 0 saturated carbocycles. The van der Waals surface area contributed by atoms with E-state index in [0.717, 1.165) is 36.4 Å². The second-order valence-corrected chi connectivity index (χ2v) is 6.76. The number of aromatic nitrogens is 3. The van der Waals surface area contributed by atoms with Crippen molar-refractivity contribution in [1.29, 1.82) is 0 Å². The Kier molecular flexibility index (Phi) is 6.18. The zero-order chi connectivity index (χ0) is 19.7. The highest BCUT2D eigenvalue weighted by molar-refractivity contribution is 5.65. The van der Waals surface area contributed by atoms with E-state index in [4.69, 9.17) is 9.15 Å². The normalized spacial score (nSPS) is 11.2. The molecule has 0 amide bonds. The second-order valence-electron chi connectivity index (χ2n) is 6.76. The van der Waals surface area contributed by atoms with Crippen LogP contribution in [-0.2, 0) is 19.6 Å². The SMILES string of the molecule is C(=C\c1nc(COc2ccc(CCCn3ccnc3)cc2)co1)/c1ccccc1. The molecule has 0 aliphatic heterocycles. The molecule has 5 heteroatoms. The van der Waals surface area contributed by atoms with Crippen LogP contribution in [0.2, 0.25) is 0 Å². The van der Waals surface area contributed by atoms with Gasteiger partial charge in [-0.1, -0.05) is 42.5 Å². The van der Waals surface area contributed by atoms with Gasteiger partial charge in [-0.3, -0.25) is 0 Å². The molecule has 0 bridgehead atoms. The number of aryl methyl sites for hydroxylation is 2. The predicted molar refractivity (Wildman–Crippen MR) is 113 cm³/mol. The summed E-state index contributed by atoms with van der Waals surface area (Å²) in [6.45, 7) is 1.36. The maximum atomic E-state index is 5.83. The van der Waals surface area contributed by atoms with E-state index in [-0.39, 0.29) is 0 Å². The molecule has 4 aromatic rings. The van der Waals surface area contributed by atoms with Crippen molar-refractivity contribution in [3.63, 3.8) is 0 Å². The molecule has 0 unspecified atom stereocenters. The van der Waals surface area contributed by atoms with E-state index < -0.39 is 0 Å². The minimum atomic E-state index is 0.378. The lowest BCUT2D eigenvalue weighted by Crippen LogP contribution is -1.98. The van der Waals surface area contributed by atoms with E-state index >= 15 is 0 Å². The summed E-state index contributed by atoms with van der Waals surface area (Å²) in [4.78, 5) is 8.50. The van der Waals surface area contributed by atoms with Crippen LogP contribution in [0.4, 0.5) is 0 Å². The van der Waals surface area contributed by atoms with Crippen molar-refractivity contribution in [3.05, 3.63) is 102 Å². The Labute approximate surface area is 170 Å². The lowest BCUT2D eigenvalue weighted by atomic mass is 10.1. The third-order valence-electron chi connectivity index (χ3n) is 4.54. The Hall–Kier alpha value is -3.60. The van der Waals surface area contributed by atoms with E-state index in [2.05, 4.69) is 26.7 Å². The van der Waals surface area contributed by atoms with Gasteiger partial charge < -0.3 is 13.7 Å². The fraction of sp³-hybridized carbons (Fsp3) is 0.167. The van der Waals surface area contributed by atoms with Crippen molar-refractivity contribution in [2.45, 2.75) is 26.0 Å². The number of ether oxygens (including phenoxy) is 1. The molecule has 0 N–H and O–H groups in total. The minimum absolute atomic E-state index is 0.378. The van der Waals surface area contributed by atoms with Gasteiger partial charge in [0, 0.05) is 25.0 Å². The van der Waals surface area contributed by atoms with Crippen molar-refractivity contribution in [1.82, 2.24) is 14.5 Å². The van der Waals surface area contributed by atoms with Crippen molar-refractivity contribution >= 4 is 12.2 Å². The molecular weight excluding hydrogens is 362 g/mol. The first-order chi connectivity index (χ1) is 14.3. The van der Waals surface area contributed by atoms with Crippen LogP contribution in [0.1, 0.15) is 29.1 Å². The van der Waals surface area contributed by atoms with E-state index in [1.165, 1.54) is 5.56 Å². The van der Waals surface area contributed by atoms with Crippen LogP contribution in [0.3, 0.4) is 0 Å². The quantitative estimate of drug-likeness (QED) is 0.395. The van der Waals surface area contributed by atoms with Gasteiger partial charge in [0.15, 0.2) is 0 Å². The zero-order valence-electron chi connectivity index (χ0n) is 16.1. The number of nitrogens with zero attached hydrogens (tertiary/aromatic N) is 3. The van der Waals surface area contributed by atoms with Crippen LogP contribution in [0.5, 0.6) is 5.75 Å². The first-order valence-corrected chi connectivity index (χ1v) is 9.70. The number of hydrogen-bond acceptors (Lipinski definition) is 4. The first kappa shape index (κ1) is 18.7. The molecule has 5 nitrogen and oxygen atoms in total. The Balaban J connectivity index is 1.24. The molecule has 0 radical (unpaired) electrons. The van der Waals surface area contributed by atoms with Gasteiger partial charge in [0.25, 0.3) is 0 Å². The summed E-state index contributed by atoms with van der Waals surface area (Å²) in [5.74, 6) is 1.40. The molecule has 0 saturated heterocycles. The molecule has 2 aromatic carbocycles. The molecule has 0 spiro atoms.